The first-order valence-corrected chi connectivity index (χ1v) is 7.97. The number of carbonyl (C=O) groups is 2. The lowest BCUT2D eigenvalue weighted by Crippen LogP contribution is -2.26. The quantitative estimate of drug-likeness (QED) is 0.703. The van der Waals surface area contributed by atoms with Crippen LogP contribution in [0.15, 0.2) is 36.9 Å². The summed E-state index contributed by atoms with van der Waals surface area (Å²) in [5, 5.41) is 11.0. The van der Waals surface area contributed by atoms with Crippen molar-refractivity contribution in [1.82, 2.24) is 20.0 Å². The molecular weight excluding hydrogens is 320 g/mol. The van der Waals surface area contributed by atoms with Crippen molar-refractivity contribution >= 4 is 11.8 Å². The van der Waals surface area contributed by atoms with E-state index in [2.05, 4.69) is 20.7 Å². The second-order valence-corrected chi connectivity index (χ2v) is 5.67. The van der Waals surface area contributed by atoms with Crippen LogP contribution >= 0.6 is 0 Å². The van der Waals surface area contributed by atoms with E-state index in [-0.39, 0.29) is 24.3 Å². The molecule has 130 valence electrons. The van der Waals surface area contributed by atoms with E-state index < -0.39 is 0 Å². The molecule has 2 amide bonds. The number of aryl methyl sites for hydroxylation is 1. The Morgan fingerprint density at radius 2 is 2.08 bits per heavy atom. The van der Waals surface area contributed by atoms with E-state index in [9.17, 15) is 9.59 Å². The van der Waals surface area contributed by atoms with E-state index in [1.54, 1.807) is 41.6 Å². The smallest absolute Gasteiger partial charge is 0.270 e. The first-order chi connectivity index (χ1) is 12.1. The van der Waals surface area contributed by atoms with Gasteiger partial charge in [0.15, 0.2) is 0 Å². The molecule has 0 aliphatic heterocycles. The van der Waals surface area contributed by atoms with Crippen molar-refractivity contribution in [2.45, 2.75) is 26.2 Å². The normalized spacial score (nSPS) is 11.4. The fourth-order valence-electron chi connectivity index (χ4n) is 2.30. The fraction of sp³-hybridized carbons (Fsp3) is 0.353. The lowest BCUT2D eigenvalue weighted by atomic mass is 10.0. The van der Waals surface area contributed by atoms with Gasteiger partial charge in [-0.15, -0.1) is 0 Å². The van der Waals surface area contributed by atoms with Gasteiger partial charge in [0.25, 0.3) is 5.91 Å². The maximum Gasteiger partial charge on any atom is 0.270 e. The number of hydrogen-bond donors (Lipinski definition) is 2. The van der Waals surface area contributed by atoms with Crippen molar-refractivity contribution in [3.63, 3.8) is 0 Å². The zero-order valence-electron chi connectivity index (χ0n) is 14.0. The Kier molecular flexibility index (Phi) is 6.65. The highest BCUT2D eigenvalue weighted by molar-refractivity contribution is 5.99. The molecule has 0 aliphatic carbocycles. The predicted octanol–water partition coefficient (Wildman–Crippen LogP) is 1.26. The fourth-order valence-corrected chi connectivity index (χ4v) is 2.30. The van der Waals surface area contributed by atoms with Crippen LogP contribution in [-0.4, -0.2) is 33.0 Å². The Morgan fingerprint density at radius 3 is 2.80 bits per heavy atom. The van der Waals surface area contributed by atoms with Gasteiger partial charge < -0.3 is 5.32 Å². The highest BCUT2D eigenvalue weighted by Crippen LogP contribution is 2.12. The summed E-state index contributed by atoms with van der Waals surface area (Å²) in [6, 6.07) is 5.14. The van der Waals surface area contributed by atoms with Gasteiger partial charge in [0.2, 0.25) is 5.91 Å². The molecule has 2 heterocycles. The summed E-state index contributed by atoms with van der Waals surface area (Å²) >= 11 is 0. The van der Waals surface area contributed by atoms with Crippen LogP contribution in [0.5, 0.6) is 0 Å². The first-order valence-electron chi connectivity index (χ1n) is 7.97. The first kappa shape index (κ1) is 18.1. The molecule has 2 aromatic rings. The molecule has 2 rings (SSSR count). The molecule has 0 spiro atoms. The number of nitrogens with one attached hydrogen (secondary N) is 2. The molecule has 0 saturated carbocycles. The summed E-state index contributed by atoms with van der Waals surface area (Å²) in [7, 11) is 0. The molecule has 8 heteroatoms. The van der Waals surface area contributed by atoms with Gasteiger partial charge in [-0.05, 0) is 24.5 Å². The lowest BCUT2D eigenvalue weighted by molar-refractivity contribution is -0.121. The van der Waals surface area contributed by atoms with Gasteiger partial charge in [-0.1, -0.05) is 6.92 Å². The highest BCUT2D eigenvalue weighted by Gasteiger charge is 2.12. The molecule has 1 unspecified atom stereocenters. The van der Waals surface area contributed by atoms with E-state index >= 15 is 0 Å². The van der Waals surface area contributed by atoms with E-state index in [0.717, 1.165) is 6.42 Å². The van der Waals surface area contributed by atoms with Gasteiger partial charge in [0, 0.05) is 43.2 Å². The maximum absolute atomic E-state index is 12.2. The van der Waals surface area contributed by atoms with Crippen LogP contribution in [0.2, 0.25) is 0 Å². The van der Waals surface area contributed by atoms with E-state index in [1.165, 1.54) is 0 Å². The molecule has 0 radical (unpaired) electrons. The molecule has 0 aromatic carbocycles. The summed E-state index contributed by atoms with van der Waals surface area (Å²) in [6.45, 7) is 1.99. The summed E-state index contributed by atoms with van der Waals surface area (Å²) in [5.41, 5.74) is 3.28. The number of amides is 2. The molecule has 25 heavy (non-hydrogen) atoms. The Morgan fingerprint density at radius 1 is 1.32 bits per heavy atom. The molecule has 1 atom stereocenters. The summed E-state index contributed by atoms with van der Waals surface area (Å²) in [4.78, 5) is 31.9. The van der Waals surface area contributed by atoms with Gasteiger partial charge >= 0.3 is 0 Å². The van der Waals surface area contributed by atoms with Crippen molar-refractivity contribution in [3.8, 4) is 6.07 Å². The average Bonchev–Trinajstić information content (AvgIpc) is 3.06. The average molecular weight is 340 g/mol. The number of carbonyl (C=O) groups excluding carboxylic acids is 2. The number of hydrogen-bond acceptors (Lipinski definition) is 5. The van der Waals surface area contributed by atoms with Gasteiger partial charge in [-0.3, -0.25) is 20.0 Å². The Hall–Kier alpha value is -3.21. The standard InChI is InChI=1S/C17H20N6O2/c1-13(12-16(24)21-9-6-18)2-3-15-20-10-11-23(15)22-17(25)14-4-7-19-8-5-14/h4-5,7-8,10-11,13H,2-3,9,12H2,1H3,(H,21,24)(H,22,25). The van der Waals surface area contributed by atoms with Crippen molar-refractivity contribution in [1.29, 1.82) is 5.26 Å². The summed E-state index contributed by atoms with van der Waals surface area (Å²) < 4.78 is 1.59. The second kappa shape index (κ2) is 9.17. The highest BCUT2D eigenvalue weighted by atomic mass is 16.2. The molecule has 0 bridgehead atoms. The second-order valence-electron chi connectivity index (χ2n) is 5.67. The molecule has 0 fully saturated rings. The minimum atomic E-state index is -0.245. The lowest BCUT2D eigenvalue weighted by Gasteiger charge is -2.12. The zero-order chi connectivity index (χ0) is 18.1. The number of pyridine rings is 1. The molecule has 2 N–H and O–H groups in total. The van der Waals surface area contributed by atoms with Crippen LogP contribution < -0.4 is 10.7 Å². The summed E-state index contributed by atoms with van der Waals surface area (Å²) in [5.74, 6) is 0.473. The zero-order valence-corrected chi connectivity index (χ0v) is 14.0. The van der Waals surface area contributed by atoms with Crippen molar-refractivity contribution < 1.29 is 9.59 Å². The molecule has 2 aromatic heterocycles. The largest absolute Gasteiger partial charge is 0.343 e. The molecule has 0 aliphatic rings. The Bertz CT molecular complexity index is 750. The number of imidazole rings is 1. The number of nitriles is 1. The third-order valence-corrected chi connectivity index (χ3v) is 3.64. The van der Waals surface area contributed by atoms with Crippen molar-refractivity contribution in [2.24, 2.45) is 5.92 Å². The third-order valence-electron chi connectivity index (χ3n) is 3.64. The van der Waals surface area contributed by atoms with Crippen molar-refractivity contribution in [3.05, 3.63) is 48.3 Å². The van der Waals surface area contributed by atoms with Crippen molar-refractivity contribution in [2.75, 3.05) is 12.0 Å². The summed E-state index contributed by atoms with van der Waals surface area (Å²) in [6.07, 6.45) is 8.13. The van der Waals surface area contributed by atoms with Crippen LogP contribution in [0, 0.1) is 17.2 Å². The van der Waals surface area contributed by atoms with Crippen LogP contribution in [0.3, 0.4) is 0 Å². The molecule has 0 saturated heterocycles. The predicted molar refractivity (Wildman–Crippen MR) is 90.9 cm³/mol. The topological polar surface area (TPSA) is 113 Å². The van der Waals surface area contributed by atoms with Gasteiger partial charge in [0.05, 0.1) is 6.07 Å². The molecule has 8 nitrogen and oxygen atoms in total. The van der Waals surface area contributed by atoms with Gasteiger partial charge in [-0.2, -0.15) is 5.26 Å². The van der Waals surface area contributed by atoms with E-state index in [0.29, 0.717) is 24.2 Å². The van der Waals surface area contributed by atoms with E-state index in [4.69, 9.17) is 5.26 Å². The maximum atomic E-state index is 12.2. The van der Waals surface area contributed by atoms with Crippen LogP contribution in [0.1, 0.15) is 35.9 Å². The van der Waals surface area contributed by atoms with E-state index in [1.807, 2.05) is 13.0 Å². The third kappa shape index (κ3) is 5.73. The van der Waals surface area contributed by atoms with Gasteiger partial charge in [-0.25, -0.2) is 9.66 Å². The monoisotopic (exact) mass is 340 g/mol. The number of rotatable bonds is 8. The van der Waals surface area contributed by atoms with Gasteiger partial charge in [0.1, 0.15) is 12.4 Å². The Labute approximate surface area is 145 Å². The van der Waals surface area contributed by atoms with Crippen LogP contribution in [0.25, 0.3) is 0 Å². The minimum Gasteiger partial charge on any atom is -0.343 e. The minimum absolute atomic E-state index is 0.0248. The Balaban J connectivity index is 1.86. The number of nitrogens with zero attached hydrogens (tertiary/aromatic N) is 4. The number of aromatic nitrogens is 3. The van der Waals surface area contributed by atoms with Crippen LogP contribution in [0.4, 0.5) is 0 Å². The molecular formula is C17H20N6O2. The SMILES string of the molecule is CC(CCc1nccn1NC(=O)c1ccncc1)CC(=O)NCC#N. The van der Waals surface area contributed by atoms with Crippen LogP contribution in [-0.2, 0) is 11.2 Å².